The Bertz CT molecular complexity index is 709. The van der Waals surface area contributed by atoms with Gasteiger partial charge in [0.05, 0.1) is 13.2 Å². The highest BCUT2D eigenvalue weighted by atomic mass is 16.5. The van der Waals surface area contributed by atoms with Gasteiger partial charge in [0, 0.05) is 17.1 Å². The zero-order chi connectivity index (χ0) is 13.9. The molecular formula is C17H19NO2. The van der Waals surface area contributed by atoms with Crippen LogP contribution in [0, 0.1) is 6.92 Å². The van der Waals surface area contributed by atoms with Crippen LogP contribution in [-0.4, -0.2) is 11.2 Å². The Morgan fingerprint density at radius 2 is 2.05 bits per heavy atom. The summed E-state index contributed by atoms with van der Waals surface area (Å²) in [6, 6.07) is 12.4. The Morgan fingerprint density at radius 1 is 1.15 bits per heavy atom. The topological polar surface area (TPSA) is 27.3 Å². The number of rotatable bonds is 5. The van der Waals surface area contributed by atoms with Crippen molar-refractivity contribution in [2.45, 2.75) is 26.8 Å². The summed E-state index contributed by atoms with van der Waals surface area (Å²) < 4.78 is 13.5. The first-order chi connectivity index (χ1) is 9.76. The molecule has 0 fully saturated rings. The predicted molar refractivity (Wildman–Crippen MR) is 80.3 cm³/mol. The number of aryl methyl sites for hydroxylation is 1. The number of hydrogen-bond acceptors (Lipinski definition) is 2. The molecule has 0 saturated heterocycles. The minimum atomic E-state index is 0.756. The quantitative estimate of drug-likeness (QED) is 0.687. The maximum absolute atomic E-state index is 5.67. The lowest BCUT2D eigenvalue weighted by molar-refractivity contribution is 0.318. The van der Waals surface area contributed by atoms with Crippen molar-refractivity contribution in [3.63, 3.8) is 0 Å². The third-order valence-electron chi connectivity index (χ3n) is 3.34. The summed E-state index contributed by atoms with van der Waals surface area (Å²) in [7, 11) is 0. The molecule has 2 aromatic heterocycles. The largest absolute Gasteiger partial charge is 0.494 e. The highest BCUT2D eigenvalue weighted by Crippen LogP contribution is 2.23. The first-order valence-corrected chi connectivity index (χ1v) is 7.03. The molecule has 0 unspecified atom stereocenters. The molecule has 0 bridgehead atoms. The van der Waals surface area contributed by atoms with Crippen molar-refractivity contribution in [2.24, 2.45) is 0 Å². The van der Waals surface area contributed by atoms with Crippen LogP contribution in [0.1, 0.15) is 24.9 Å². The molecule has 2 heterocycles. The lowest BCUT2D eigenvalue weighted by atomic mass is 10.2. The molecular weight excluding hydrogens is 250 g/mol. The van der Waals surface area contributed by atoms with Crippen LogP contribution in [0.4, 0.5) is 0 Å². The zero-order valence-corrected chi connectivity index (χ0v) is 11.9. The summed E-state index contributed by atoms with van der Waals surface area (Å²) in [5, 5.41) is 1.20. The molecule has 0 aliphatic heterocycles. The molecule has 0 saturated carbocycles. The minimum Gasteiger partial charge on any atom is -0.494 e. The van der Waals surface area contributed by atoms with Crippen LogP contribution in [-0.2, 0) is 6.54 Å². The molecule has 0 atom stereocenters. The number of fused-ring (bicyclic) bond motifs is 1. The van der Waals surface area contributed by atoms with E-state index in [1.165, 1.54) is 10.9 Å². The fourth-order valence-electron chi connectivity index (χ4n) is 2.36. The highest BCUT2D eigenvalue weighted by Gasteiger charge is 2.05. The first kappa shape index (κ1) is 12.9. The van der Waals surface area contributed by atoms with Crippen molar-refractivity contribution in [1.29, 1.82) is 0 Å². The number of furan rings is 1. The second-order valence-electron chi connectivity index (χ2n) is 5.03. The van der Waals surface area contributed by atoms with E-state index in [4.69, 9.17) is 9.15 Å². The number of nitrogens with zero attached hydrogens (tertiary/aromatic N) is 1. The van der Waals surface area contributed by atoms with Gasteiger partial charge in [-0.3, -0.25) is 0 Å². The molecule has 0 aliphatic carbocycles. The molecule has 0 aliphatic rings. The third kappa shape index (κ3) is 2.57. The molecule has 104 valence electrons. The summed E-state index contributed by atoms with van der Waals surface area (Å²) in [5.41, 5.74) is 1.20. The Kier molecular flexibility index (Phi) is 3.50. The van der Waals surface area contributed by atoms with Crippen molar-refractivity contribution < 1.29 is 9.15 Å². The van der Waals surface area contributed by atoms with Crippen molar-refractivity contribution in [3.05, 3.63) is 54.1 Å². The summed E-state index contributed by atoms with van der Waals surface area (Å²) in [5.74, 6) is 2.86. The lowest BCUT2D eigenvalue weighted by Crippen LogP contribution is -1.97. The van der Waals surface area contributed by atoms with Crippen LogP contribution in [0.3, 0.4) is 0 Å². The molecule has 3 rings (SSSR count). The molecule has 3 aromatic rings. The Hall–Kier alpha value is -2.16. The van der Waals surface area contributed by atoms with E-state index in [2.05, 4.69) is 35.9 Å². The molecule has 0 radical (unpaired) electrons. The summed E-state index contributed by atoms with van der Waals surface area (Å²) >= 11 is 0. The third-order valence-corrected chi connectivity index (χ3v) is 3.34. The van der Waals surface area contributed by atoms with Crippen LogP contribution >= 0.6 is 0 Å². The molecule has 0 amide bonds. The van der Waals surface area contributed by atoms with Crippen LogP contribution in [0.2, 0.25) is 0 Å². The average Bonchev–Trinajstić information content (AvgIpc) is 3.04. The summed E-state index contributed by atoms with van der Waals surface area (Å²) in [6.45, 7) is 5.60. The van der Waals surface area contributed by atoms with Crippen LogP contribution in [0.5, 0.6) is 5.75 Å². The van der Waals surface area contributed by atoms with Crippen LogP contribution in [0.15, 0.2) is 47.0 Å². The molecule has 20 heavy (non-hydrogen) atoms. The molecule has 3 heteroatoms. The summed E-state index contributed by atoms with van der Waals surface area (Å²) in [6.07, 6.45) is 3.11. The van der Waals surface area contributed by atoms with Crippen LogP contribution in [0.25, 0.3) is 10.9 Å². The summed E-state index contributed by atoms with van der Waals surface area (Å²) in [4.78, 5) is 0. The van der Waals surface area contributed by atoms with Gasteiger partial charge in [0.2, 0.25) is 0 Å². The van der Waals surface area contributed by atoms with Crippen molar-refractivity contribution in [1.82, 2.24) is 4.57 Å². The van der Waals surface area contributed by atoms with Gasteiger partial charge in [0.15, 0.2) is 0 Å². The molecule has 0 N–H and O–H groups in total. The Balaban J connectivity index is 1.85. The fourth-order valence-corrected chi connectivity index (χ4v) is 2.36. The van der Waals surface area contributed by atoms with Gasteiger partial charge in [-0.15, -0.1) is 0 Å². The number of benzene rings is 1. The van der Waals surface area contributed by atoms with Gasteiger partial charge >= 0.3 is 0 Å². The fraction of sp³-hybridized carbons (Fsp3) is 0.294. The van der Waals surface area contributed by atoms with E-state index in [9.17, 15) is 0 Å². The maximum atomic E-state index is 5.67. The van der Waals surface area contributed by atoms with Crippen molar-refractivity contribution >= 4 is 10.9 Å². The Labute approximate surface area is 118 Å². The second kappa shape index (κ2) is 5.45. The molecule has 1 aromatic carbocycles. The SMILES string of the molecule is CCCOc1ccc2c(ccn2Cc2ccc(C)o2)c1. The smallest absolute Gasteiger partial charge is 0.123 e. The standard InChI is InChI=1S/C17H19NO2/c1-3-10-19-15-6-7-17-14(11-15)8-9-18(17)12-16-5-4-13(2)20-16/h4-9,11H,3,10,12H2,1-2H3. The average molecular weight is 269 g/mol. The lowest BCUT2D eigenvalue weighted by Gasteiger charge is -2.06. The maximum Gasteiger partial charge on any atom is 0.123 e. The first-order valence-electron chi connectivity index (χ1n) is 7.03. The van der Waals surface area contributed by atoms with E-state index < -0.39 is 0 Å². The van der Waals surface area contributed by atoms with E-state index in [0.29, 0.717) is 0 Å². The Morgan fingerprint density at radius 3 is 2.80 bits per heavy atom. The van der Waals surface area contributed by atoms with Gasteiger partial charge in [-0.25, -0.2) is 0 Å². The second-order valence-corrected chi connectivity index (χ2v) is 5.03. The molecule has 3 nitrogen and oxygen atoms in total. The van der Waals surface area contributed by atoms with Crippen molar-refractivity contribution in [2.75, 3.05) is 6.61 Å². The normalized spacial score (nSPS) is 11.1. The predicted octanol–water partition coefficient (Wildman–Crippen LogP) is 4.38. The van der Waals surface area contributed by atoms with Gasteiger partial charge in [-0.1, -0.05) is 6.92 Å². The minimum absolute atomic E-state index is 0.756. The monoisotopic (exact) mass is 269 g/mol. The number of aromatic nitrogens is 1. The van der Waals surface area contributed by atoms with E-state index >= 15 is 0 Å². The highest BCUT2D eigenvalue weighted by molar-refractivity contribution is 5.81. The number of ether oxygens (including phenoxy) is 1. The number of hydrogen-bond donors (Lipinski definition) is 0. The van der Waals surface area contributed by atoms with Crippen molar-refractivity contribution in [3.8, 4) is 5.75 Å². The van der Waals surface area contributed by atoms with Gasteiger partial charge < -0.3 is 13.7 Å². The van der Waals surface area contributed by atoms with Gasteiger partial charge in [0.25, 0.3) is 0 Å². The van der Waals surface area contributed by atoms with E-state index in [-0.39, 0.29) is 0 Å². The van der Waals surface area contributed by atoms with Gasteiger partial charge in [-0.05, 0) is 49.7 Å². The van der Waals surface area contributed by atoms with E-state index in [1.807, 2.05) is 25.1 Å². The van der Waals surface area contributed by atoms with Crippen LogP contribution < -0.4 is 4.74 Å². The van der Waals surface area contributed by atoms with Gasteiger partial charge in [-0.2, -0.15) is 0 Å². The van der Waals surface area contributed by atoms with E-state index in [0.717, 1.165) is 36.8 Å². The van der Waals surface area contributed by atoms with E-state index in [1.54, 1.807) is 0 Å². The molecule has 0 spiro atoms. The zero-order valence-electron chi connectivity index (χ0n) is 11.9. The van der Waals surface area contributed by atoms with Gasteiger partial charge in [0.1, 0.15) is 17.3 Å².